The fraction of sp³-hybridized carbons (Fsp3) is 0.348. The van der Waals surface area contributed by atoms with Crippen LogP contribution in [0.2, 0.25) is 5.02 Å². The molecular weight excluding hydrogens is 402 g/mol. The van der Waals surface area contributed by atoms with Crippen LogP contribution in [0.1, 0.15) is 41.5 Å². The van der Waals surface area contributed by atoms with Crippen LogP contribution in [0.5, 0.6) is 0 Å². The first-order valence-corrected chi connectivity index (χ1v) is 10.6. The number of imidazole rings is 1. The number of fused-ring (bicyclic) bond motifs is 1. The molecule has 7 heteroatoms. The molecule has 0 unspecified atom stereocenters. The van der Waals surface area contributed by atoms with Crippen molar-refractivity contribution in [3.05, 3.63) is 64.6 Å². The Morgan fingerprint density at radius 1 is 1.17 bits per heavy atom. The van der Waals surface area contributed by atoms with Crippen LogP contribution in [0.4, 0.5) is 5.82 Å². The van der Waals surface area contributed by atoms with Crippen LogP contribution in [-0.4, -0.2) is 40.8 Å². The van der Waals surface area contributed by atoms with Crippen molar-refractivity contribution < 1.29 is 14.3 Å². The second-order valence-electron chi connectivity index (χ2n) is 7.49. The van der Waals surface area contributed by atoms with Crippen molar-refractivity contribution in [3.8, 4) is 0 Å². The molecule has 0 saturated carbocycles. The summed E-state index contributed by atoms with van der Waals surface area (Å²) >= 11 is 6.34. The highest BCUT2D eigenvalue weighted by Crippen LogP contribution is 2.30. The van der Waals surface area contributed by atoms with E-state index in [0.717, 1.165) is 16.9 Å². The summed E-state index contributed by atoms with van der Waals surface area (Å²) in [4.78, 5) is 32.3. The molecule has 1 saturated heterocycles. The van der Waals surface area contributed by atoms with E-state index in [2.05, 4.69) is 4.90 Å². The Balaban J connectivity index is 1.67. The number of benzene rings is 1. The van der Waals surface area contributed by atoms with Crippen LogP contribution in [0.15, 0.2) is 42.6 Å². The van der Waals surface area contributed by atoms with Gasteiger partial charge in [-0.1, -0.05) is 29.8 Å². The maximum atomic E-state index is 13.4. The third kappa shape index (κ3) is 3.67. The first-order chi connectivity index (χ1) is 14.5. The molecule has 3 heterocycles. The zero-order chi connectivity index (χ0) is 21.3. The summed E-state index contributed by atoms with van der Waals surface area (Å²) in [5, 5.41) is 0.421. The van der Waals surface area contributed by atoms with Crippen molar-refractivity contribution in [1.29, 1.82) is 0 Å². The molecule has 0 atom stereocenters. The standard InChI is InChI=1S/C23H24ClN3O3/c1-3-30-23(29)16-10-13-26(14-11-16)21-18-9-4-5-12-27(18)22(25-21)20(28)19-15(2)7-6-8-17(19)24/h4-9,12,16H,3,10-11,13-14H2,1-2H3. The average molecular weight is 426 g/mol. The molecule has 1 fully saturated rings. The molecule has 2 aromatic heterocycles. The van der Waals surface area contributed by atoms with Crippen LogP contribution in [0.25, 0.3) is 5.52 Å². The molecule has 4 rings (SSSR count). The lowest BCUT2D eigenvalue weighted by Gasteiger charge is -2.31. The molecule has 0 radical (unpaired) electrons. The van der Waals surface area contributed by atoms with E-state index in [-0.39, 0.29) is 17.7 Å². The zero-order valence-corrected chi connectivity index (χ0v) is 17.9. The molecule has 0 bridgehead atoms. The fourth-order valence-electron chi connectivity index (χ4n) is 4.03. The second kappa shape index (κ2) is 8.48. The van der Waals surface area contributed by atoms with Gasteiger partial charge >= 0.3 is 5.97 Å². The maximum Gasteiger partial charge on any atom is 0.309 e. The number of aryl methyl sites for hydroxylation is 1. The highest BCUT2D eigenvalue weighted by molar-refractivity contribution is 6.35. The van der Waals surface area contributed by atoms with Gasteiger partial charge in [0, 0.05) is 24.8 Å². The Morgan fingerprint density at radius 3 is 2.63 bits per heavy atom. The molecule has 0 N–H and O–H groups in total. The Labute approximate surface area is 180 Å². The Hall–Kier alpha value is -2.86. The molecule has 1 aromatic carbocycles. The predicted molar refractivity (Wildman–Crippen MR) is 116 cm³/mol. The SMILES string of the molecule is CCOC(=O)C1CCN(c2nc(C(=O)c3c(C)cccc3Cl)n3ccccc23)CC1. The van der Waals surface area contributed by atoms with Crippen molar-refractivity contribution >= 4 is 34.7 Å². The van der Waals surface area contributed by atoms with Crippen LogP contribution >= 0.6 is 11.6 Å². The summed E-state index contributed by atoms with van der Waals surface area (Å²) in [5.74, 6) is 0.682. The molecule has 3 aromatic rings. The molecule has 0 aliphatic carbocycles. The van der Waals surface area contributed by atoms with Gasteiger partial charge in [0.25, 0.3) is 0 Å². The molecule has 1 aliphatic rings. The Morgan fingerprint density at radius 2 is 1.93 bits per heavy atom. The zero-order valence-electron chi connectivity index (χ0n) is 17.1. The summed E-state index contributed by atoms with van der Waals surface area (Å²) in [6.45, 7) is 5.46. The summed E-state index contributed by atoms with van der Waals surface area (Å²) in [6, 6.07) is 11.2. The number of hydrogen-bond donors (Lipinski definition) is 0. The van der Waals surface area contributed by atoms with Gasteiger partial charge in [-0.25, -0.2) is 4.98 Å². The number of ketones is 1. The van der Waals surface area contributed by atoms with Crippen molar-refractivity contribution in [2.24, 2.45) is 5.92 Å². The lowest BCUT2D eigenvalue weighted by Crippen LogP contribution is -2.37. The largest absolute Gasteiger partial charge is 0.466 e. The van der Waals surface area contributed by atoms with E-state index in [1.165, 1.54) is 0 Å². The second-order valence-corrected chi connectivity index (χ2v) is 7.90. The van der Waals surface area contributed by atoms with Crippen molar-refractivity contribution in [2.45, 2.75) is 26.7 Å². The van der Waals surface area contributed by atoms with Gasteiger partial charge in [0.05, 0.1) is 23.1 Å². The number of rotatable bonds is 5. The van der Waals surface area contributed by atoms with Gasteiger partial charge in [0.15, 0.2) is 11.6 Å². The summed E-state index contributed by atoms with van der Waals surface area (Å²) < 4.78 is 6.98. The van der Waals surface area contributed by atoms with Gasteiger partial charge in [-0.3, -0.25) is 14.0 Å². The molecule has 6 nitrogen and oxygen atoms in total. The van der Waals surface area contributed by atoms with Crippen LogP contribution in [0.3, 0.4) is 0 Å². The van der Waals surface area contributed by atoms with Gasteiger partial charge in [-0.15, -0.1) is 0 Å². The number of esters is 1. The smallest absolute Gasteiger partial charge is 0.309 e. The molecule has 1 aliphatic heterocycles. The van der Waals surface area contributed by atoms with Crippen LogP contribution in [-0.2, 0) is 9.53 Å². The third-order valence-electron chi connectivity index (χ3n) is 5.60. The monoisotopic (exact) mass is 425 g/mol. The summed E-state index contributed by atoms with van der Waals surface area (Å²) in [6.07, 6.45) is 3.26. The van der Waals surface area contributed by atoms with Gasteiger partial charge in [0.2, 0.25) is 5.78 Å². The van der Waals surface area contributed by atoms with Gasteiger partial charge in [-0.05, 0) is 50.5 Å². The first kappa shape index (κ1) is 20.4. The number of hydrogen-bond acceptors (Lipinski definition) is 5. The number of anilines is 1. The normalized spacial score (nSPS) is 14.8. The van der Waals surface area contributed by atoms with Gasteiger partial charge in [0.1, 0.15) is 0 Å². The van der Waals surface area contributed by atoms with E-state index < -0.39 is 0 Å². The average Bonchev–Trinajstić information content (AvgIpc) is 3.13. The highest BCUT2D eigenvalue weighted by Gasteiger charge is 2.29. The number of nitrogens with zero attached hydrogens (tertiary/aromatic N) is 3. The minimum Gasteiger partial charge on any atom is -0.466 e. The first-order valence-electron chi connectivity index (χ1n) is 10.2. The number of halogens is 1. The third-order valence-corrected chi connectivity index (χ3v) is 5.91. The Kier molecular flexibility index (Phi) is 5.77. The van der Waals surface area contributed by atoms with Crippen molar-refractivity contribution in [3.63, 3.8) is 0 Å². The minimum absolute atomic E-state index is 0.0815. The summed E-state index contributed by atoms with van der Waals surface area (Å²) in [5.41, 5.74) is 2.15. The number of carbonyl (C=O) groups excluding carboxylic acids is 2. The van der Waals surface area contributed by atoms with Crippen molar-refractivity contribution in [2.75, 3.05) is 24.6 Å². The van der Waals surface area contributed by atoms with Crippen LogP contribution in [0, 0.1) is 12.8 Å². The van der Waals surface area contributed by atoms with E-state index in [0.29, 0.717) is 48.9 Å². The molecule has 0 amide bonds. The topological polar surface area (TPSA) is 63.9 Å². The predicted octanol–water partition coefficient (Wildman–Crippen LogP) is 4.31. The fourth-order valence-corrected chi connectivity index (χ4v) is 4.34. The highest BCUT2D eigenvalue weighted by atomic mass is 35.5. The molecule has 156 valence electrons. The lowest BCUT2D eigenvalue weighted by molar-refractivity contribution is -0.148. The number of ether oxygens (including phenoxy) is 1. The number of pyridine rings is 1. The number of aromatic nitrogens is 2. The van der Waals surface area contributed by atoms with Gasteiger partial charge < -0.3 is 9.64 Å². The van der Waals surface area contributed by atoms with Gasteiger partial charge in [-0.2, -0.15) is 0 Å². The van der Waals surface area contributed by atoms with E-state index in [1.807, 2.05) is 54.8 Å². The number of piperidine rings is 1. The van der Waals surface area contributed by atoms with Crippen LogP contribution < -0.4 is 4.90 Å². The van der Waals surface area contributed by atoms with E-state index in [9.17, 15) is 9.59 Å². The lowest BCUT2D eigenvalue weighted by atomic mass is 9.97. The number of carbonyl (C=O) groups is 2. The summed E-state index contributed by atoms with van der Waals surface area (Å²) in [7, 11) is 0. The molecular formula is C23H24ClN3O3. The van der Waals surface area contributed by atoms with E-state index >= 15 is 0 Å². The van der Waals surface area contributed by atoms with Crippen molar-refractivity contribution in [1.82, 2.24) is 9.38 Å². The molecule has 30 heavy (non-hydrogen) atoms. The quantitative estimate of drug-likeness (QED) is 0.450. The van der Waals surface area contributed by atoms with E-state index in [1.54, 1.807) is 6.07 Å². The molecule has 0 spiro atoms. The minimum atomic E-state index is -0.202. The maximum absolute atomic E-state index is 13.4. The Bertz CT molecular complexity index is 1080. The van der Waals surface area contributed by atoms with E-state index in [4.69, 9.17) is 21.3 Å².